The van der Waals surface area contributed by atoms with Crippen LogP contribution < -0.4 is 5.73 Å². The fourth-order valence-electron chi connectivity index (χ4n) is 1.66. The molecule has 16 heavy (non-hydrogen) atoms. The van der Waals surface area contributed by atoms with E-state index in [9.17, 15) is 5.11 Å². The second-order valence-corrected chi connectivity index (χ2v) is 5.15. The van der Waals surface area contributed by atoms with Crippen LogP contribution in [0, 0.1) is 5.92 Å². The Morgan fingerprint density at radius 2 is 2.00 bits per heavy atom. The Bertz CT molecular complexity index is 370. The number of nitrogens with two attached hydrogens (primary N) is 1. The van der Waals surface area contributed by atoms with Gasteiger partial charge in [-0.25, -0.2) is 0 Å². The lowest BCUT2D eigenvalue weighted by Gasteiger charge is -2.34. The number of hydrogen-bond donors (Lipinski definition) is 2. The first-order chi connectivity index (χ1) is 7.45. The third kappa shape index (κ3) is 2.51. The highest BCUT2D eigenvalue weighted by molar-refractivity contribution is 6.42. The van der Waals surface area contributed by atoms with Gasteiger partial charge >= 0.3 is 0 Å². The van der Waals surface area contributed by atoms with Crippen molar-refractivity contribution in [2.75, 3.05) is 13.2 Å². The molecule has 90 valence electrons. The number of halogens is 2. The van der Waals surface area contributed by atoms with Crippen LogP contribution in [-0.4, -0.2) is 18.3 Å². The van der Waals surface area contributed by atoms with Gasteiger partial charge in [0.2, 0.25) is 0 Å². The van der Waals surface area contributed by atoms with E-state index in [4.69, 9.17) is 28.9 Å². The van der Waals surface area contributed by atoms with Crippen LogP contribution in [0.4, 0.5) is 0 Å². The van der Waals surface area contributed by atoms with Crippen molar-refractivity contribution in [2.45, 2.75) is 19.3 Å². The van der Waals surface area contributed by atoms with Crippen molar-refractivity contribution in [3.8, 4) is 0 Å². The summed E-state index contributed by atoms with van der Waals surface area (Å²) in [6.07, 6.45) is 0. The van der Waals surface area contributed by atoms with E-state index in [-0.39, 0.29) is 17.9 Å². The summed E-state index contributed by atoms with van der Waals surface area (Å²) in [6, 6.07) is 5.49. The van der Waals surface area contributed by atoms with Crippen LogP contribution in [-0.2, 0) is 5.41 Å². The molecule has 0 spiro atoms. The number of benzene rings is 1. The van der Waals surface area contributed by atoms with Crippen molar-refractivity contribution < 1.29 is 5.11 Å². The highest BCUT2D eigenvalue weighted by Crippen LogP contribution is 2.34. The molecule has 0 aliphatic heterocycles. The Morgan fingerprint density at radius 1 is 1.38 bits per heavy atom. The molecule has 2 atom stereocenters. The summed E-state index contributed by atoms with van der Waals surface area (Å²) in [5.41, 5.74) is 6.53. The van der Waals surface area contributed by atoms with Crippen LogP contribution in [0.3, 0.4) is 0 Å². The predicted molar refractivity (Wildman–Crippen MR) is 69.1 cm³/mol. The fourth-order valence-corrected chi connectivity index (χ4v) is 1.95. The van der Waals surface area contributed by atoms with E-state index < -0.39 is 0 Å². The molecule has 0 amide bonds. The number of hydrogen-bond acceptors (Lipinski definition) is 2. The molecule has 0 heterocycles. The molecule has 1 unspecified atom stereocenters. The fraction of sp³-hybridized carbons (Fsp3) is 0.500. The molecule has 0 aliphatic rings. The average molecular weight is 262 g/mol. The lowest BCUT2D eigenvalue weighted by molar-refractivity contribution is 0.175. The van der Waals surface area contributed by atoms with Gasteiger partial charge in [-0.1, -0.05) is 43.1 Å². The van der Waals surface area contributed by atoms with Gasteiger partial charge in [-0.2, -0.15) is 0 Å². The molecular formula is C12H17Cl2NO. The molecule has 0 fully saturated rings. The van der Waals surface area contributed by atoms with Crippen LogP contribution in [0.1, 0.15) is 19.4 Å². The van der Waals surface area contributed by atoms with Gasteiger partial charge < -0.3 is 10.8 Å². The van der Waals surface area contributed by atoms with Gasteiger partial charge in [0, 0.05) is 18.6 Å². The molecule has 4 heteroatoms. The number of aliphatic hydroxyl groups excluding tert-OH is 1. The Hall–Kier alpha value is -0.280. The first-order valence-electron chi connectivity index (χ1n) is 5.22. The zero-order valence-corrected chi connectivity index (χ0v) is 11.0. The van der Waals surface area contributed by atoms with E-state index in [1.165, 1.54) is 0 Å². The number of rotatable bonds is 4. The zero-order valence-electron chi connectivity index (χ0n) is 9.50. The topological polar surface area (TPSA) is 46.2 Å². The standard InChI is InChI=1S/C12H17Cl2NO/c1-8(6-16)12(2,7-15)9-3-4-10(13)11(14)5-9/h3-5,8,16H,6-7,15H2,1-2H3/t8-,12?/m1/s1. The number of aliphatic hydroxyl groups is 1. The van der Waals surface area contributed by atoms with Crippen LogP contribution in [0.5, 0.6) is 0 Å². The molecular weight excluding hydrogens is 245 g/mol. The molecule has 1 aromatic carbocycles. The molecule has 0 saturated carbocycles. The Labute approximate surface area is 106 Å². The maximum absolute atomic E-state index is 9.27. The first kappa shape index (κ1) is 13.8. The summed E-state index contributed by atoms with van der Waals surface area (Å²) in [5, 5.41) is 10.3. The molecule has 0 aromatic heterocycles. The molecule has 0 saturated heterocycles. The van der Waals surface area contributed by atoms with E-state index in [1.54, 1.807) is 6.07 Å². The van der Waals surface area contributed by atoms with Crippen molar-refractivity contribution in [3.05, 3.63) is 33.8 Å². The van der Waals surface area contributed by atoms with Gasteiger partial charge in [-0.3, -0.25) is 0 Å². The lowest BCUT2D eigenvalue weighted by Crippen LogP contribution is -2.39. The summed E-state index contributed by atoms with van der Waals surface area (Å²) >= 11 is 11.9. The van der Waals surface area contributed by atoms with E-state index in [2.05, 4.69) is 0 Å². The minimum Gasteiger partial charge on any atom is -0.396 e. The van der Waals surface area contributed by atoms with Crippen molar-refractivity contribution in [2.24, 2.45) is 11.7 Å². The van der Waals surface area contributed by atoms with Crippen molar-refractivity contribution in [1.82, 2.24) is 0 Å². The summed E-state index contributed by atoms with van der Waals surface area (Å²) < 4.78 is 0. The lowest BCUT2D eigenvalue weighted by atomic mass is 9.73. The van der Waals surface area contributed by atoms with E-state index in [0.717, 1.165) is 5.56 Å². The second-order valence-electron chi connectivity index (χ2n) is 4.33. The van der Waals surface area contributed by atoms with Crippen molar-refractivity contribution >= 4 is 23.2 Å². The van der Waals surface area contributed by atoms with Gasteiger partial charge in [-0.05, 0) is 23.6 Å². The zero-order chi connectivity index (χ0) is 12.3. The van der Waals surface area contributed by atoms with E-state index in [1.807, 2.05) is 26.0 Å². The minimum atomic E-state index is -0.289. The van der Waals surface area contributed by atoms with Gasteiger partial charge in [0.25, 0.3) is 0 Å². The maximum atomic E-state index is 9.27. The second kappa shape index (κ2) is 5.37. The highest BCUT2D eigenvalue weighted by atomic mass is 35.5. The molecule has 0 bridgehead atoms. The highest BCUT2D eigenvalue weighted by Gasteiger charge is 2.31. The van der Waals surface area contributed by atoms with Crippen LogP contribution in [0.15, 0.2) is 18.2 Å². The summed E-state index contributed by atoms with van der Waals surface area (Å²) in [5.74, 6) is 0.0646. The van der Waals surface area contributed by atoms with Crippen LogP contribution >= 0.6 is 23.2 Å². The SMILES string of the molecule is C[C@H](CO)C(C)(CN)c1ccc(Cl)c(Cl)c1. The maximum Gasteiger partial charge on any atom is 0.0595 e. The van der Waals surface area contributed by atoms with Crippen LogP contribution in [0.2, 0.25) is 10.0 Å². The Morgan fingerprint density at radius 3 is 2.44 bits per heavy atom. The third-order valence-corrected chi connectivity index (χ3v) is 4.10. The molecule has 1 rings (SSSR count). The smallest absolute Gasteiger partial charge is 0.0595 e. The molecule has 3 N–H and O–H groups in total. The van der Waals surface area contributed by atoms with Crippen molar-refractivity contribution in [1.29, 1.82) is 0 Å². The average Bonchev–Trinajstić information content (AvgIpc) is 2.30. The van der Waals surface area contributed by atoms with Gasteiger partial charge in [0.15, 0.2) is 0 Å². The Kier molecular flexibility index (Phi) is 4.62. The monoisotopic (exact) mass is 261 g/mol. The molecule has 0 radical (unpaired) electrons. The summed E-state index contributed by atoms with van der Waals surface area (Å²) in [6.45, 7) is 4.53. The van der Waals surface area contributed by atoms with Gasteiger partial charge in [0.1, 0.15) is 0 Å². The molecule has 2 nitrogen and oxygen atoms in total. The van der Waals surface area contributed by atoms with Crippen molar-refractivity contribution in [3.63, 3.8) is 0 Å². The largest absolute Gasteiger partial charge is 0.396 e. The third-order valence-electron chi connectivity index (χ3n) is 3.36. The van der Waals surface area contributed by atoms with Gasteiger partial charge in [-0.15, -0.1) is 0 Å². The Balaban J connectivity index is 3.17. The minimum absolute atomic E-state index is 0.0646. The first-order valence-corrected chi connectivity index (χ1v) is 5.97. The summed E-state index contributed by atoms with van der Waals surface area (Å²) in [7, 11) is 0. The quantitative estimate of drug-likeness (QED) is 0.876. The normalized spacial score (nSPS) is 16.9. The van der Waals surface area contributed by atoms with E-state index in [0.29, 0.717) is 16.6 Å². The van der Waals surface area contributed by atoms with E-state index >= 15 is 0 Å². The molecule has 1 aromatic rings. The van der Waals surface area contributed by atoms with Gasteiger partial charge in [0.05, 0.1) is 10.0 Å². The molecule has 0 aliphatic carbocycles. The van der Waals surface area contributed by atoms with Crippen LogP contribution in [0.25, 0.3) is 0 Å². The predicted octanol–water partition coefficient (Wildman–Crippen LogP) is 2.84. The summed E-state index contributed by atoms with van der Waals surface area (Å²) in [4.78, 5) is 0.